The lowest BCUT2D eigenvalue weighted by atomic mass is 9.81. The molecule has 0 aliphatic heterocycles. The van der Waals surface area contributed by atoms with E-state index in [-0.39, 0.29) is 24.3 Å². The van der Waals surface area contributed by atoms with Crippen LogP contribution in [-0.2, 0) is 16.0 Å². The first kappa shape index (κ1) is 16.2. The average Bonchev–Trinajstić information content (AvgIpc) is 2.61. The number of hydrogen-bond donors (Lipinski definition) is 2. The van der Waals surface area contributed by atoms with Crippen LogP contribution in [0, 0.1) is 0 Å². The van der Waals surface area contributed by atoms with Gasteiger partial charge in [-0.3, -0.25) is 14.6 Å². The van der Waals surface area contributed by atoms with Crippen molar-refractivity contribution in [2.45, 2.75) is 31.6 Å². The molecule has 24 heavy (non-hydrogen) atoms. The fraction of sp³-hybridized carbons (Fsp3) is 0.316. The van der Waals surface area contributed by atoms with E-state index in [1.807, 2.05) is 12.1 Å². The van der Waals surface area contributed by atoms with Crippen LogP contribution in [0.15, 0.2) is 48.8 Å². The fourth-order valence-electron chi connectivity index (χ4n) is 3.18. The third kappa shape index (κ3) is 4.19. The molecule has 1 aromatic carbocycles. The second-order valence-corrected chi connectivity index (χ2v) is 6.06. The van der Waals surface area contributed by atoms with Crippen LogP contribution >= 0.6 is 0 Å². The van der Waals surface area contributed by atoms with E-state index in [2.05, 4.69) is 27.8 Å². The van der Waals surface area contributed by atoms with E-state index in [1.165, 1.54) is 11.1 Å². The Bertz CT molecular complexity index is 716. The van der Waals surface area contributed by atoms with Crippen LogP contribution in [0.3, 0.4) is 0 Å². The van der Waals surface area contributed by atoms with Gasteiger partial charge < -0.3 is 10.6 Å². The molecular formula is C19H21N3O2. The van der Waals surface area contributed by atoms with Crippen LogP contribution in [0.1, 0.15) is 36.3 Å². The monoisotopic (exact) mass is 323 g/mol. The van der Waals surface area contributed by atoms with Crippen molar-refractivity contribution in [2.75, 3.05) is 11.9 Å². The standard InChI is InChI=1S/C19H21N3O2/c23-18(21-13-19(24)22-16-8-4-10-20-12-16)11-15-7-3-6-14-5-1-2-9-17(14)15/h1-2,4-5,8-10,12,15H,3,6-7,11,13H2,(H,21,23)(H,22,24)/t15-/m1/s1. The second-order valence-electron chi connectivity index (χ2n) is 6.06. The topological polar surface area (TPSA) is 71.1 Å². The summed E-state index contributed by atoms with van der Waals surface area (Å²) in [4.78, 5) is 28.0. The van der Waals surface area contributed by atoms with E-state index >= 15 is 0 Å². The van der Waals surface area contributed by atoms with Gasteiger partial charge in [0.05, 0.1) is 18.4 Å². The van der Waals surface area contributed by atoms with Gasteiger partial charge in [-0.2, -0.15) is 0 Å². The molecule has 0 saturated heterocycles. The van der Waals surface area contributed by atoms with Gasteiger partial charge in [0.2, 0.25) is 11.8 Å². The van der Waals surface area contributed by atoms with Crippen molar-refractivity contribution in [1.29, 1.82) is 0 Å². The van der Waals surface area contributed by atoms with Gasteiger partial charge in [0, 0.05) is 12.6 Å². The van der Waals surface area contributed by atoms with Crippen molar-refractivity contribution in [1.82, 2.24) is 10.3 Å². The van der Waals surface area contributed by atoms with Gasteiger partial charge in [-0.1, -0.05) is 24.3 Å². The van der Waals surface area contributed by atoms with Crippen molar-refractivity contribution >= 4 is 17.5 Å². The summed E-state index contributed by atoms with van der Waals surface area (Å²) in [5.74, 6) is -0.0882. The van der Waals surface area contributed by atoms with E-state index < -0.39 is 0 Å². The maximum atomic E-state index is 12.2. The summed E-state index contributed by atoms with van der Waals surface area (Å²) in [6.45, 7) is -0.0257. The van der Waals surface area contributed by atoms with E-state index in [1.54, 1.807) is 24.5 Å². The number of anilines is 1. The summed E-state index contributed by atoms with van der Waals surface area (Å²) in [5.41, 5.74) is 3.24. The highest BCUT2D eigenvalue weighted by molar-refractivity contribution is 5.94. The summed E-state index contributed by atoms with van der Waals surface area (Å²) < 4.78 is 0. The number of fused-ring (bicyclic) bond motifs is 1. The van der Waals surface area contributed by atoms with Gasteiger partial charge >= 0.3 is 0 Å². The quantitative estimate of drug-likeness (QED) is 0.888. The molecule has 5 nitrogen and oxygen atoms in total. The molecule has 0 saturated carbocycles. The first-order valence-electron chi connectivity index (χ1n) is 8.27. The normalized spacial score (nSPS) is 16.1. The predicted octanol–water partition coefficient (Wildman–Crippen LogP) is 2.65. The zero-order valence-corrected chi connectivity index (χ0v) is 13.5. The smallest absolute Gasteiger partial charge is 0.243 e. The molecule has 1 heterocycles. The Kier molecular flexibility index (Phi) is 5.21. The zero-order chi connectivity index (χ0) is 16.8. The molecule has 0 radical (unpaired) electrons. The number of aromatic nitrogens is 1. The first-order valence-corrected chi connectivity index (χ1v) is 8.27. The van der Waals surface area contributed by atoms with E-state index in [4.69, 9.17) is 0 Å². The van der Waals surface area contributed by atoms with Gasteiger partial charge in [-0.15, -0.1) is 0 Å². The number of carbonyl (C=O) groups is 2. The maximum absolute atomic E-state index is 12.2. The zero-order valence-electron chi connectivity index (χ0n) is 13.5. The number of nitrogens with zero attached hydrogens (tertiary/aromatic N) is 1. The van der Waals surface area contributed by atoms with Gasteiger partial charge in [0.15, 0.2) is 0 Å². The number of benzene rings is 1. The lowest BCUT2D eigenvalue weighted by molar-refractivity contribution is -0.124. The summed E-state index contributed by atoms with van der Waals surface area (Å²) in [5, 5.41) is 5.41. The summed E-state index contributed by atoms with van der Waals surface area (Å²) in [6.07, 6.45) is 6.85. The molecule has 2 N–H and O–H groups in total. The molecule has 0 bridgehead atoms. The van der Waals surface area contributed by atoms with Crippen molar-refractivity contribution in [2.24, 2.45) is 0 Å². The molecule has 1 aromatic heterocycles. The lowest BCUT2D eigenvalue weighted by Gasteiger charge is -2.25. The number of carbonyl (C=O) groups excluding carboxylic acids is 2. The van der Waals surface area contributed by atoms with Gasteiger partial charge in [-0.25, -0.2) is 0 Å². The van der Waals surface area contributed by atoms with Gasteiger partial charge in [0.1, 0.15) is 0 Å². The van der Waals surface area contributed by atoms with Crippen LogP contribution in [-0.4, -0.2) is 23.3 Å². The molecular weight excluding hydrogens is 302 g/mol. The minimum absolute atomic E-state index is 0.0257. The molecule has 3 rings (SSSR count). The molecule has 0 spiro atoms. The number of aryl methyl sites for hydroxylation is 1. The molecule has 0 unspecified atom stereocenters. The lowest BCUT2D eigenvalue weighted by Crippen LogP contribution is -2.33. The number of hydrogen-bond acceptors (Lipinski definition) is 3. The highest BCUT2D eigenvalue weighted by atomic mass is 16.2. The number of pyridine rings is 1. The maximum Gasteiger partial charge on any atom is 0.243 e. The number of rotatable bonds is 5. The molecule has 124 valence electrons. The molecule has 1 aliphatic carbocycles. The van der Waals surface area contributed by atoms with Crippen molar-refractivity contribution in [3.63, 3.8) is 0 Å². The van der Waals surface area contributed by atoms with Crippen LogP contribution in [0.2, 0.25) is 0 Å². The average molecular weight is 323 g/mol. The minimum atomic E-state index is -0.250. The largest absolute Gasteiger partial charge is 0.347 e. The predicted molar refractivity (Wildman–Crippen MR) is 92.6 cm³/mol. The molecule has 5 heteroatoms. The minimum Gasteiger partial charge on any atom is -0.347 e. The van der Waals surface area contributed by atoms with Crippen LogP contribution in [0.25, 0.3) is 0 Å². The van der Waals surface area contributed by atoms with Crippen molar-refractivity contribution < 1.29 is 9.59 Å². The summed E-state index contributed by atoms with van der Waals surface area (Å²) in [7, 11) is 0. The van der Waals surface area contributed by atoms with Crippen molar-refractivity contribution in [3.8, 4) is 0 Å². The molecule has 2 aromatic rings. The van der Waals surface area contributed by atoms with Crippen molar-refractivity contribution in [3.05, 3.63) is 59.9 Å². The van der Waals surface area contributed by atoms with E-state index in [0.29, 0.717) is 12.1 Å². The summed E-state index contributed by atoms with van der Waals surface area (Å²) in [6, 6.07) is 11.8. The number of nitrogens with one attached hydrogen (secondary N) is 2. The van der Waals surface area contributed by atoms with Crippen LogP contribution < -0.4 is 10.6 Å². The third-order valence-electron chi connectivity index (χ3n) is 4.32. The van der Waals surface area contributed by atoms with Crippen LogP contribution in [0.5, 0.6) is 0 Å². The fourth-order valence-corrected chi connectivity index (χ4v) is 3.18. The highest BCUT2D eigenvalue weighted by Gasteiger charge is 2.22. The Hall–Kier alpha value is -2.69. The Balaban J connectivity index is 1.49. The highest BCUT2D eigenvalue weighted by Crippen LogP contribution is 2.33. The molecule has 2 amide bonds. The Labute approximate surface area is 141 Å². The number of amides is 2. The Morgan fingerprint density at radius 1 is 1.12 bits per heavy atom. The van der Waals surface area contributed by atoms with E-state index in [0.717, 1.165) is 19.3 Å². The molecule has 1 atom stereocenters. The molecule has 1 aliphatic rings. The second kappa shape index (κ2) is 7.73. The first-order chi connectivity index (χ1) is 11.7. The molecule has 0 fully saturated rings. The third-order valence-corrected chi connectivity index (χ3v) is 4.32. The van der Waals surface area contributed by atoms with Gasteiger partial charge in [0.25, 0.3) is 0 Å². The van der Waals surface area contributed by atoms with Crippen LogP contribution in [0.4, 0.5) is 5.69 Å². The van der Waals surface area contributed by atoms with Gasteiger partial charge in [-0.05, 0) is 48.4 Å². The SMILES string of the molecule is O=C(C[C@H]1CCCc2ccccc21)NCC(=O)Nc1cccnc1. The summed E-state index contributed by atoms with van der Waals surface area (Å²) >= 11 is 0. The Morgan fingerprint density at radius 2 is 2.00 bits per heavy atom. The Morgan fingerprint density at radius 3 is 2.83 bits per heavy atom. The van der Waals surface area contributed by atoms with E-state index in [9.17, 15) is 9.59 Å².